The van der Waals surface area contributed by atoms with Gasteiger partial charge in [-0.3, -0.25) is 9.59 Å². The zero-order valence-electron chi connectivity index (χ0n) is 15.4. The van der Waals surface area contributed by atoms with Gasteiger partial charge in [0, 0.05) is 19.5 Å². The van der Waals surface area contributed by atoms with Gasteiger partial charge in [-0.25, -0.2) is 4.39 Å². The van der Waals surface area contributed by atoms with Gasteiger partial charge in [0.25, 0.3) is 0 Å². The Kier molecular flexibility index (Phi) is 6.58. The lowest BCUT2D eigenvalue weighted by molar-refractivity contribution is -0.138. The Labute approximate surface area is 159 Å². The Morgan fingerprint density at radius 3 is 2.52 bits per heavy atom. The number of carbonyl (C=O) groups is 2. The number of amides is 2. The number of benzene rings is 2. The van der Waals surface area contributed by atoms with E-state index in [1.807, 2.05) is 30.3 Å². The van der Waals surface area contributed by atoms with Crippen LogP contribution in [0.2, 0.25) is 0 Å². The van der Waals surface area contributed by atoms with E-state index in [9.17, 15) is 14.0 Å². The molecule has 0 bridgehead atoms. The van der Waals surface area contributed by atoms with Gasteiger partial charge < -0.3 is 10.2 Å². The van der Waals surface area contributed by atoms with Crippen molar-refractivity contribution in [2.45, 2.75) is 44.7 Å². The number of aryl methyl sites for hydroxylation is 1. The number of nitrogens with zero attached hydrogens (tertiary/aromatic N) is 1. The van der Waals surface area contributed by atoms with Crippen LogP contribution in [0.5, 0.6) is 0 Å². The minimum absolute atomic E-state index is 0.0227. The fourth-order valence-electron chi connectivity index (χ4n) is 3.48. The van der Waals surface area contributed by atoms with Crippen LogP contribution >= 0.6 is 0 Å². The first-order valence-electron chi connectivity index (χ1n) is 9.49. The summed E-state index contributed by atoms with van der Waals surface area (Å²) < 4.78 is 12.9. The number of nitrogens with one attached hydrogen (secondary N) is 1. The summed E-state index contributed by atoms with van der Waals surface area (Å²) >= 11 is 0. The van der Waals surface area contributed by atoms with Gasteiger partial charge in [0.1, 0.15) is 11.9 Å². The van der Waals surface area contributed by atoms with E-state index < -0.39 is 0 Å². The summed E-state index contributed by atoms with van der Waals surface area (Å²) in [4.78, 5) is 26.8. The molecule has 1 atom stereocenters. The van der Waals surface area contributed by atoms with Crippen LogP contribution in [0.15, 0.2) is 54.6 Å². The maximum atomic E-state index is 12.9. The molecule has 5 heteroatoms. The summed E-state index contributed by atoms with van der Waals surface area (Å²) in [5.41, 5.74) is 2.06. The summed E-state index contributed by atoms with van der Waals surface area (Å²) in [7, 11) is 0. The van der Waals surface area contributed by atoms with Crippen molar-refractivity contribution in [3.8, 4) is 0 Å². The quantitative estimate of drug-likeness (QED) is 0.814. The predicted molar refractivity (Wildman–Crippen MR) is 102 cm³/mol. The van der Waals surface area contributed by atoms with Gasteiger partial charge >= 0.3 is 0 Å². The van der Waals surface area contributed by atoms with Crippen LogP contribution in [-0.2, 0) is 22.6 Å². The van der Waals surface area contributed by atoms with E-state index in [0.29, 0.717) is 32.4 Å². The molecule has 2 amide bonds. The molecule has 0 spiro atoms. The average Bonchev–Trinajstić information content (AvgIpc) is 3.18. The second kappa shape index (κ2) is 9.31. The fourth-order valence-corrected chi connectivity index (χ4v) is 3.48. The number of hydrogen-bond donors (Lipinski definition) is 1. The van der Waals surface area contributed by atoms with Crippen molar-refractivity contribution in [2.75, 3.05) is 6.54 Å². The molecule has 1 aliphatic rings. The van der Waals surface area contributed by atoms with Crippen molar-refractivity contribution >= 4 is 11.8 Å². The molecular formula is C22H25FN2O2. The molecule has 0 unspecified atom stereocenters. The SMILES string of the molecule is O=C(NCc1ccccc1)[C@@H]1CCCN1C(=O)CCCc1ccc(F)cc1. The average molecular weight is 368 g/mol. The van der Waals surface area contributed by atoms with Crippen molar-refractivity contribution in [1.82, 2.24) is 10.2 Å². The number of carbonyl (C=O) groups excluding carboxylic acids is 2. The molecule has 0 aromatic heterocycles. The highest BCUT2D eigenvalue weighted by Gasteiger charge is 2.33. The van der Waals surface area contributed by atoms with Gasteiger partial charge in [-0.2, -0.15) is 0 Å². The number of hydrogen-bond acceptors (Lipinski definition) is 2. The van der Waals surface area contributed by atoms with Crippen molar-refractivity contribution in [2.24, 2.45) is 0 Å². The lowest BCUT2D eigenvalue weighted by atomic mass is 10.1. The van der Waals surface area contributed by atoms with Gasteiger partial charge in [-0.15, -0.1) is 0 Å². The van der Waals surface area contributed by atoms with E-state index in [1.165, 1.54) is 12.1 Å². The van der Waals surface area contributed by atoms with E-state index in [2.05, 4.69) is 5.32 Å². The maximum Gasteiger partial charge on any atom is 0.243 e. The molecule has 0 radical (unpaired) electrons. The molecule has 2 aromatic rings. The van der Waals surface area contributed by atoms with Crippen LogP contribution in [0.25, 0.3) is 0 Å². The summed E-state index contributed by atoms with van der Waals surface area (Å²) in [6.07, 6.45) is 3.39. The van der Waals surface area contributed by atoms with Gasteiger partial charge in [0.15, 0.2) is 0 Å². The Morgan fingerprint density at radius 1 is 1.04 bits per heavy atom. The second-order valence-corrected chi connectivity index (χ2v) is 6.93. The first-order valence-corrected chi connectivity index (χ1v) is 9.49. The second-order valence-electron chi connectivity index (χ2n) is 6.93. The third-order valence-electron chi connectivity index (χ3n) is 4.95. The van der Waals surface area contributed by atoms with Crippen molar-refractivity contribution < 1.29 is 14.0 Å². The molecular weight excluding hydrogens is 343 g/mol. The summed E-state index contributed by atoms with van der Waals surface area (Å²) in [5, 5.41) is 2.94. The van der Waals surface area contributed by atoms with Crippen LogP contribution in [0, 0.1) is 5.82 Å². The summed E-state index contributed by atoms with van der Waals surface area (Å²) in [6.45, 7) is 1.11. The van der Waals surface area contributed by atoms with E-state index in [4.69, 9.17) is 0 Å². The zero-order valence-corrected chi connectivity index (χ0v) is 15.4. The first-order chi connectivity index (χ1) is 13.1. The molecule has 3 rings (SSSR count). The number of likely N-dealkylation sites (tertiary alicyclic amines) is 1. The highest BCUT2D eigenvalue weighted by atomic mass is 19.1. The molecule has 1 N–H and O–H groups in total. The molecule has 4 nitrogen and oxygen atoms in total. The highest BCUT2D eigenvalue weighted by Crippen LogP contribution is 2.20. The standard InChI is InChI=1S/C22H25FN2O2/c23-19-13-11-17(12-14-19)8-4-10-21(26)25-15-5-9-20(25)22(27)24-16-18-6-2-1-3-7-18/h1-3,6-7,11-14,20H,4-5,8-10,15-16H2,(H,24,27)/t20-/m0/s1. The predicted octanol–water partition coefficient (Wildman–Crippen LogP) is 3.46. The minimum Gasteiger partial charge on any atom is -0.350 e. The Morgan fingerprint density at radius 2 is 1.78 bits per heavy atom. The van der Waals surface area contributed by atoms with Crippen LogP contribution in [-0.4, -0.2) is 29.3 Å². The summed E-state index contributed by atoms with van der Waals surface area (Å²) in [6, 6.07) is 15.7. The largest absolute Gasteiger partial charge is 0.350 e. The minimum atomic E-state index is -0.368. The normalized spacial score (nSPS) is 16.3. The van der Waals surface area contributed by atoms with Crippen LogP contribution in [0.3, 0.4) is 0 Å². The van der Waals surface area contributed by atoms with Crippen LogP contribution < -0.4 is 5.32 Å². The monoisotopic (exact) mass is 368 g/mol. The third-order valence-corrected chi connectivity index (χ3v) is 4.95. The molecule has 1 heterocycles. The van der Waals surface area contributed by atoms with Gasteiger partial charge in [-0.1, -0.05) is 42.5 Å². The van der Waals surface area contributed by atoms with E-state index in [0.717, 1.165) is 24.0 Å². The Balaban J connectivity index is 1.46. The van der Waals surface area contributed by atoms with Gasteiger partial charge in [0.2, 0.25) is 11.8 Å². The van der Waals surface area contributed by atoms with Gasteiger partial charge in [-0.05, 0) is 48.9 Å². The molecule has 0 aliphatic carbocycles. The molecule has 1 saturated heterocycles. The zero-order chi connectivity index (χ0) is 19.1. The number of rotatable bonds is 7. The molecule has 142 valence electrons. The topological polar surface area (TPSA) is 49.4 Å². The van der Waals surface area contributed by atoms with E-state index in [-0.39, 0.29) is 23.7 Å². The molecule has 2 aromatic carbocycles. The maximum absolute atomic E-state index is 12.9. The van der Waals surface area contributed by atoms with E-state index >= 15 is 0 Å². The highest BCUT2D eigenvalue weighted by molar-refractivity contribution is 5.88. The van der Waals surface area contributed by atoms with E-state index in [1.54, 1.807) is 17.0 Å². The Hall–Kier alpha value is -2.69. The van der Waals surface area contributed by atoms with Crippen molar-refractivity contribution in [1.29, 1.82) is 0 Å². The fraction of sp³-hybridized carbons (Fsp3) is 0.364. The van der Waals surface area contributed by atoms with Crippen molar-refractivity contribution in [3.05, 3.63) is 71.5 Å². The smallest absolute Gasteiger partial charge is 0.243 e. The number of halogens is 1. The van der Waals surface area contributed by atoms with Crippen LogP contribution in [0.4, 0.5) is 4.39 Å². The lowest BCUT2D eigenvalue weighted by Crippen LogP contribution is -2.45. The summed E-state index contributed by atoms with van der Waals surface area (Å²) in [5.74, 6) is -0.311. The molecule has 27 heavy (non-hydrogen) atoms. The molecule has 1 fully saturated rings. The lowest BCUT2D eigenvalue weighted by Gasteiger charge is -2.24. The Bertz CT molecular complexity index is 762. The first kappa shape index (κ1) is 19.1. The van der Waals surface area contributed by atoms with Gasteiger partial charge in [0.05, 0.1) is 0 Å². The van der Waals surface area contributed by atoms with Crippen molar-refractivity contribution in [3.63, 3.8) is 0 Å². The molecule has 0 saturated carbocycles. The third kappa shape index (κ3) is 5.39. The van der Waals surface area contributed by atoms with Crippen LogP contribution in [0.1, 0.15) is 36.8 Å². The molecule has 1 aliphatic heterocycles.